The molecule has 0 radical (unpaired) electrons. The highest BCUT2D eigenvalue weighted by Crippen LogP contribution is 2.20. The molecule has 2 aromatic rings. The largest absolute Gasteiger partial charge is 0.487 e. The van der Waals surface area contributed by atoms with Crippen LogP contribution in [-0.4, -0.2) is 31.2 Å². The summed E-state index contributed by atoms with van der Waals surface area (Å²) in [6, 6.07) is 13.6. The van der Waals surface area contributed by atoms with Crippen molar-refractivity contribution >= 4 is 17.9 Å². The highest BCUT2D eigenvalue weighted by molar-refractivity contribution is 5.91. The van der Waals surface area contributed by atoms with Gasteiger partial charge in [-0.2, -0.15) is 0 Å². The smallest absolute Gasteiger partial charge is 0.373 e. The van der Waals surface area contributed by atoms with E-state index in [4.69, 9.17) is 9.47 Å². The average Bonchev–Trinajstić information content (AvgIpc) is 2.62. The van der Waals surface area contributed by atoms with E-state index in [-0.39, 0.29) is 5.76 Å². The number of ether oxygens (including phenoxy) is 2. The molecule has 1 heterocycles. The van der Waals surface area contributed by atoms with Crippen LogP contribution in [-0.2, 0) is 14.3 Å². The Kier molecular flexibility index (Phi) is 6.37. The summed E-state index contributed by atoms with van der Waals surface area (Å²) >= 11 is 0. The molecule has 0 bridgehead atoms. The zero-order chi connectivity index (χ0) is 17.4. The molecule has 0 aliphatic carbocycles. The van der Waals surface area contributed by atoms with E-state index in [2.05, 4.69) is 10.3 Å². The Labute approximate surface area is 142 Å². The van der Waals surface area contributed by atoms with Crippen molar-refractivity contribution in [3.8, 4) is 11.3 Å². The highest BCUT2D eigenvalue weighted by atomic mass is 16.6. The molecular weight excluding hydrogens is 304 g/mol. The Morgan fingerprint density at radius 2 is 1.79 bits per heavy atom. The first-order valence-corrected chi connectivity index (χ1v) is 7.94. The van der Waals surface area contributed by atoms with Crippen molar-refractivity contribution in [3.63, 3.8) is 0 Å². The Morgan fingerprint density at radius 1 is 1.08 bits per heavy atom. The van der Waals surface area contributed by atoms with E-state index >= 15 is 0 Å². The minimum absolute atomic E-state index is 0.211. The normalized spacial score (nSPS) is 11.0. The van der Waals surface area contributed by atoms with Gasteiger partial charge in [0, 0.05) is 12.6 Å². The minimum Gasteiger partial charge on any atom is -0.487 e. The summed E-state index contributed by atoms with van der Waals surface area (Å²) < 4.78 is 10.4. The lowest BCUT2D eigenvalue weighted by Gasteiger charge is -2.08. The monoisotopic (exact) mass is 326 g/mol. The first kappa shape index (κ1) is 17.5. The SMILES string of the molecule is CCOC(=O)/C(=C/c1ccc(-c2cccc(NC)n2)cc1)OCC. The quantitative estimate of drug-likeness (QED) is 0.477. The van der Waals surface area contributed by atoms with Gasteiger partial charge < -0.3 is 14.8 Å². The summed E-state index contributed by atoms with van der Waals surface area (Å²) in [5.41, 5.74) is 2.74. The maximum Gasteiger partial charge on any atom is 0.373 e. The topological polar surface area (TPSA) is 60.5 Å². The number of hydrogen-bond donors (Lipinski definition) is 1. The Morgan fingerprint density at radius 3 is 2.42 bits per heavy atom. The molecule has 0 saturated heterocycles. The lowest BCUT2D eigenvalue weighted by Crippen LogP contribution is -2.10. The van der Waals surface area contributed by atoms with Crippen LogP contribution in [0.4, 0.5) is 5.82 Å². The van der Waals surface area contributed by atoms with Crippen molar-refractivity contribution in [1.29, 1.82) is 0 Å². The molecule has 0 fully saturated rings. The van der Waals surface area contributed by atoms with Gasteiger partial charge >= 0.3 is 5.97 Å². The molecule has 5 heteroatoms. The molecule has 0 atom stereocenters. The number of nitrogens with one attached hydrogen (secondary N) is 1. The maximum atomic E-state index is 11.9. The standard InChI is InChI=1S/C19H22N2O3/c1-4-23-17(19(22)24-5-2)13-14-9-11-15(12-10-14)16-7-6-8-18(20-3)21-16/h6-13H,4-5H2,1-3H3,(H,20,21)/b17-13-. The molecule has 0 aliphatic heterocycles. The Balaban J connectivity index is 2.23. The fourth-order valence-electron chi connectivity index (χ4n) is 2.15. The molecule has 0 aliphatic rings. The maximum absolute atomic E-state index is 11.9. The van der Waals surface area contributed by atoms with Crippen molar-refractivity contribution in [1.82, 2.24) is 4.98 Å². The number of aromatic nitrogens is 1. The van der Waals surface area contributed by atoms with Gasteiger partial charge in [-0.25, -0.2) is 9.78 Å². The Hall–Kier alpha value is -2.82. The van der Waals surface area contributed by atoms with Gasteiger partial charge in [0.25, 0.3) is 0 Å². The Bertz CT molecular complexity index is 709. The number of carbonyl (C=O) groups excluding carboxylic acids is 1. The van der Waals surface area contributed by atoms with Crippen LogP contribution in [0, 0.1) is 0 Å². The van der Waals surface area contributed by atoms with Crippen LogP contribution in [0.15, 0.2) is 48.2 Å². The molecule has 1 N–H and O–H groups in total. The fraction of sp³-hybridized carbons (Fsp3) is 0.263. The van der Waals surface area contributed by atoms with Gasteiger partial charge in [-0.3, -0.25) is 0 Å². The van der Waals surface area contributed by atoms with Crippen LogP contribution in [0.3, 0.4) is 0 Å². The lowest BCUT2D eigenvalue weighted by atomic mass is 10.1. The molecule has 5 nitrogen and oxygen atoms in total. The summed E-state index contributed by atoms with van der Waals surface area (Å²) in [7, 11) is 1.84. The van der Waals surface area contributed by atoms with Crippen molar-refractivity contribution in [2.45, 2.75) is 13.8 Å². The van der Waals surface area contributed by atoms with E-state index in [9.17, 15) is 4.79 Å². The molecule has 2 rings (SSSR count). The number of pyridine rings is 1. The van der Waals surface area contributed by atoms with E-state index in [1.165, 1.54) is 0 Å². The number of anilines is 1. The van der Waals surface area contributed by atoms with Crippen LogP contribution in [0.25, 0.3) is 17.3 Å². The van der Waals surface area contributed by atoms with E-state index < -0.39 is 5.97 Å². The zero-order valence-electron chi connectivity index (χ0n) is 14.2. The molecule has 1 aromatic heterocycles. The van der Waals surface area contributed by atoms with E-state index in [0.29, 0.717) is 13.2 Å². The summed E-state index contributed by atoms with van der Waals surface area (Å²) in [4.78, 5) is 16.4. The van der Waals surface area contributed by atoms with Gasteiger partial charge in [-0.1, -0.05) is 30.3 Å². The lowest BCUT2D eigenvalue weighted by molar-refractivity contribution is -0.142. The summed E-state index contributed by atoms with van der Waals surface area (Å²) in [6.45, 7) is 4.32. The van der Waals surface area contributed by atoms with Crippen molar-refractivity contribution in [2.24, 2.45) is 0 Å². The number of rotatable bonds is 7. The molecule has 126 valence electrons. The summed E-state index contributed by atoms with van der Waals surface area (Å²) in [5, 5.41) is 3.02. The molecule has 24 heavy (non-hydrogen) atoms. The molecule has 1 aromatic carbocycles. The predicted molar refractivity (Wildman–Crippen MR) is 95.5 cm³/mol. The fourth-order valence-corrected chi connectivity index (χ4v) is 2.15. The van der Waals surface area contributed by atoms with Crippen LogP contribution in [0.5, 0.6) is 0 Å². The first-order valence-electron chi connectivity index (χ1n) is 7.94. The minimum atomic E-state index is -0.452. The number of benzene rings is 1. The number of carbonyl (C=O) groups is 1. The second-order valence-electron chi connectivity index (χ2n) is 4.94. The summed E-state index contributed by atoms with van der Waals surface area (Å²) in [5.74, 6) is 0.576. The zero-order valence-corrected chi connectivity index (χ0v) is 14.2. The molecule has 0 amide bonds. The third-order valence-electron chi connectivity index (χ3n) is 3.29. The molecule has 0 unspecified atom stereocenters. The van der Waals surface area contributed by atoms with Crippen molar-refractivity contribution in [3.05, 3.63) is 53.8 Å². The molecule has 0 saturated carbocycles. The highest BCUT2D eigenvalue weighted by Gasteiger charge is 2.11. The van der Waals surface area contributed by atoms with Gasteiger partial charge in [0.2, 0.25) is 5.76 Å². The molecule has 0 spiro atoms. The van der Waals surface area contributed by atoms with Crippen LogP contribution in [0.2, 0.25) is 0 Å². The van der Waals surface area contributed by atoms with E-state index in [1.807, 2.05) is 56.4 Å². The van der Waals surface area contributed by atoms with E-state index in [0.717, 1.165) is 22.6 Å². The van der Waals surface area contributed by atoms with Crippen LogP contribution in [0.1, 0.15) is 19.4 Å². The number of nitrogens with zero attached hydrogens (tertiary/aromatic N) is 1. The summed E-state index contributed by atoms with van der Waals surface area (Å²) in [6.07, 6.45) is 1.68. The second-order valence-corrected chi connectivity index (χ2v) is 4.94. The third-order valence-corrected chi connectivity index (χ3v) is 3.29. The van der Waals surface area contributed by atoms with Gasteiger partial charge in [-0.05, 0) is 37.6 Å². The van der Waals surface area contributed by atoms with Gasteiger partial charge in [-0.15, -0.1) is 0 Å². The van der Waals surface area contributed by atoms with Crippen LogP contribution >= 0.6 is 0 Å². The predicted octanol–water partition coefficient (Wildman–Crippen LogP) is 3.73. The second kappa shape index (κ2) is 8.72. The number of hydrogen-bond acceptors (Lipinski definition) is 5. The van der Waals surface area contributed by atoms with Gasteiger partial charge in [0.15, 0.2) is 0 Å². The van der Waals surface area contributed by atoms with Crippen LogP contribution < -0.4 is 5.32 Å². The van der Waals surface area contributed by atoms with Crippen molar-refractivity contribution in [2.75, 3.05) is 25.6 Å². The van der Waals surface area contributed by atoms with Gasteiger partial charge in [0.05, 0.1) is 18.9 Å². The van der Waals surface area contributed by atoms with Crippen molar-refractivity contribution < 1.29 is 14.3 Å². The number of esters is 1. The average molecular weight is 326 g/mol. The van der Waals surface area contributed by atoms with Gasteiger partial charge in [0.1, 0.15) is 5.82 Å². The van der Waals surface area contributed by atoms with E-state index in [1.54, 1.807) is 13.0 Å². The third kappa shape index (κ3) is 4.59. The molecular formula is C19H22N2O3. The first-order chi connectivity index (χ1) is 11.7.